The highest BCUT2D eigenvalue weighted by Gasteiger charge is 2.03. The third kappa shape index (κ3) is 5.04. The molecule has 0 aliphatic rings. The summed E-state index contributed by atoms with van der Waals surface area (Å²) in [6, 6.07) is 8.19. The second-order valence-electron chi connectivity index (χ2n) is 4.39. The van der Waals surface area contributed by atoms with Gasteiger partial charge in [-0.3, -0.25) is 4.79 Å². The minimum Gasteiger partial charge on any atom is -0.383 e. The van der Waals surface area contributed by atoms with Crippen molar-refractivity contribution < 1.29 is 4.79 Å². The molecule has 1 amide bonds. The second-order valence-corrected chi connectivity index (χ2v) is 4.39. The molecule has 0 spiro atoms. The molecule has 2 N–H and O–H groups in total. The van der Waals surface area contributed by atoms with Crippen LogP contribution in [-0.2, 0) is 4.79 Å². The van der Waals surface area contributed by atoms with Crippen LogP contribution in [-0.4, -0.2) is 11.9 Å². The van der Waals surface area contributed by atoms with Crippen LogP contribution in [0.15, 0.2) is 36.9 Å². The molecule has 18 heavy (non-hydrogen) atoms. The largest absolute Gasteiger partial charge is 0.383 e. The van der Waals surface area contributed by atoms with E-state index in [0.29, 0.717) is 12.5 Å². The molecular formula is C15H22N2O. The van der Waals surface area contributed by atoms with Crippen LogP contribution < -0.4 is 10.6 Å². The summed E-state index contributed by atoms with van der Waals surface area (Å²) >= 11 is 0. The number of amides is 1. The van der Waals surface area contributed by atoms with Crippen LogP contribution in [0, 0.1) is 0 Å². The molecular weight excluding hydrogens is 224 g/mol. The minimum absolute atomic E-state index is 0.0341. The standard InChI is InChI=1S/C15H22N2O/c1-4-6-8-12(3)16-13-9-7-10-14(11-13)17-15(18)5-2/h4,7,9-12,16H,1,5-6,8H2,2-3H3,(H,17,18). The fourth-order valence-electron chi connectivity index (χ4n) is 1.66. The van der Waals surface area contributed by atoms with E-state index < -0.39 is 0 Å². The highest BCUT2D eigenvalue weighted by Crippen LogP contribution is 2.17. The normalized spacial score (nSPS) is 11.7. The maximum atomic E-state index is 11.3. The van der Waals surface area contributed by atoms with Crippen molar-refractivity contribution in [3.63, 3.8) is 0 Å². The molecule has 1 rings (SSSR count). The first-order valence-corrected chi connectivity index (χ1v) is 6.43. The fraction of sp³-hybridized carbons (Fsp3) is 0.400. The van der Waals surface area contributed by atoms with E-state index in [4.69, 9.17) is 0 Å². The Morgan fingerprint density at radius 1 is 1.44 bits per heavy atom. The number of hydrogen-bond acceptors (Lipinski definition) is 2. The Labute approximate surface area is 109 Å². The van der Waals surface area contributed by atoms with Crippen molar-refractivity contribution in [3.8, 4) is 0 Å². The van der Waals surface area contributed by atoms with Crippen LogP contribution in [0.25, 0.3) is 0 Å². The maximum absolute atomic E-state index is 11.3. The summed E-state index contributed by atoms with van der Waals surface area (Å²) in [7, 11) is 0. The van der Waals surface area contributed by atoms with Gasteiger partial charge in [0, 0.05) is 23.8 Å². The first-order valence-electron chi connectivity index (χ1n) is 6.43. The molecule has 0 fully saturated rings. The lowest BCUT2D eigenvalue weighted by Gasteiger charge is -2.15. The van der Waals surface area contributed by atoms with Gasteiger partial charge < -0.3 is 10.6 Å². The van der Waals surface area contributed by atoms with Gasteiger partial charge in [-0.1, -0.05) is 19.1 Å². The smallest absolute Gasteiger partial charge is 0.224 e. The first kappa shape index (κ1) is 14.3. The van der Waals surface area contributed by atoms with E-state index in [1.165, 1.54) is 0 Å². The predicted octanol–water partition coefficient (Wildman–Crippen LogP) is 3.80. The number of allylic oxidation sites excluding steroid dienone is 1. The Morgan fingerprint density at radius 3 is 2.83 bits per heavy atom. The molecule has 0 heterocycles. The lowest BCUT2D eigenvalue weighted by molar-refractivity contribution is -0.115. The zero-order valence-corrected chi connectivity index (χ0v) is 11.2. The molecule has 0 aliphatic carbocycles. The van der Waals surface area contributed by atoms with Crippen molar-refractivity contribution in [3.05, 3.63) is 36.9 Å². The van der Waals surface area contributed by atoms with Gasteiger partial charge in [0.25, 0.3) is 0 Å². The van der Waals surface area contributed by atoms with Crippen LogP contribution in [0.5, 0.6) is 0 Å². The van der Waals surface area contributed by atoms with Gasteiger partial charge in [0.2, 0.25) is 5.91 Å². The molecule has 0 saturated heterocycles. The topological polar surface area (TPSA) is 41.1 Å². The summed E-state index contributed by atoms with van der Waals surface area (Å²) < 4.78 is 0. The van der Waals surface area contributed by atoms with E-state index in [2.05, 4.69) is 24.1 Å². The van der Waals surface area contributed by atoms with Crippen molar-refractivity contribution >= 4 is 17.3 Å². The minimum atomic E-state index is 0.0341. The van der Waals surface area contributed by atoms with E-state index in [0.717, 1.165) is 24.2 Å². The molecule has 1 aromatic carbocycles. The van der Waals surface area contributed by atoms with Gasteiger partial charge in [0.05, 0.1) is 0 Å². The monoisotopic (exact) mass is 246 g/mol. The SMILES string of the molecule is C=CCCC(C)Nc1cccc(NC(=O)CC)c1. The summed E-state index contributed by atoms with van der Waals surface area (Å²) in [6.45, 7) is 7.70. The van der Waals surface area contributed by atoms with Crippen molar-refractivity contribution in [1.29, 1.82) is 0 Å². The van der Waals surface area contributed by atoms with E-state index in [-0.39, 0.29) is 5.91 Å². The average molecular weight is 246 g/mol. The lowest BCUT2D eigenvalue weighted by atomic mass is 10.1. The Hall–Kier alpha value is -1.77. The summed E-state index contributed by atoms with van der Waals surface area (Å²) in [5, 5.41) is 6.26. The number of carbonyl (C=O) groups excluding carboxylic acids is 1. The molecule has 0 aromatic heterocycles. The number of anilines is 2. The van der Waals surface area contributed by atoms with Crippen molar-refractivity contribution in [2.45, 2.75) is 39.2 Å². The van der Waals surface area contributed by atoms with Gasteiger partial charge in [0.1, 0.15) is 0 Å². The van der Waals surface area contributed by atoms with Gasteiger partial charge in [-0.05, 0) is 38.0 Å². The summed E-state index contributed by atoms with van der Waals surface area (Å²) in [5.74, 6) is 0.0341. The van der Waals surface area contributed by atoms with Gasteiger partial charge in [-0.2, -0.15) is 0 Å². The molecule has 0 bridgehead atoms. The Morgan fingerprint density at radius 2 is 2.17 bits per heavy atom. The fourth-order valence-corrected chi connectivity index (χ4v) is 1.66. The van der Waals surface area contributed by atoms with Gasteiger partial charge in [0.15, 0.2) is 0 Å². The van der Waals surface area contributed by atoms with E-state index in [1.54, 1.807) is 0 Å². The first-order chi connectivity index (χ1) is 8.65. The second kappa shape index (κ2) is 7.54. The molecule has 3 heteroatoms. The number of hydrogen-bond donors (Lipinski definition) is 2. The van der Waals surface area contributed by atoms with Crippen LogP contribution in [0.3, 0.4) is 0 Å². The number of carbonyl (C=O) groups is 1. The molecule has 0 radical (unpaired) electrons. The van der Waals surface area contributed by atoms with Crippen molar-refractivity contribution in [2.75, 3.05) is 10.6 Å². The van der Waals surface area contributed by atoms with Gasteiger partial charge in [-0.15, -0.1) is 6.58 Å². The molecule has 1 unspecified atom stereocenters. The summed E-state index contributed by atoms with van der Waals surface area (Å²) in [6.07, 6.45) is 4.47. The third-order valence-electron chi connectivity index (χ3n) is 2.68. The zero-order valence-electron chi connectivity index (χ0n) is 11.2. The summed E-state index contributed by atoms with van der Waals surface area (Å²) in [5.41, 5.74) is 1.86. The quantitative estimate of drug-likeness (QED) is 0.718. The number of benzene rings is 1. The molecule has 0 aliphatic heterocycles. The molecule has 98 valence electrons. The van der Waals surface area contributed by atoms with Crippen molar-refractivity contribution in [1.82, 2.24) is 0 Å². The van der Waals surface area contributed by atoms with Crippen molar-refractivity contribution in [2.24, 2.45) is 0 Å². The van der Waals surface area contributed by atoms with E-state index in [9.17, 15) is 4.79 Å². The zero-order chi connectivity index (χ0) is 13.4. The lowest BCUT2D eigenvalue weighted by Crippen LogP contribution is -2.15. The summed E-state index contributed by atoms with van der Waals surface area (Å²) in [4.78, 5) is 11.3. The molecule has 1 atom stereocenters. The average Bonchev–Trinajstić information content (AvgIpc) is 2.36. The Bertz CT molecular complexity index is 401. The van der Waals surface area contributed by atoms with Crippen LogP contribution >= 0.6 is 0 Å². The van der Waals surface area contributed by atoms with Gasteiger partial charge in [-0.25, -0.2) is 0 Å². The molecule has 0 saturated carbocycles. The maximum Gasteiger partial charge on any atom is 0.224 e. The third-order valence-corrected chi connectivity index (χ3v) is 2.68. The van der Waals surface area contributed by atoms with Crippen LogP contribution in [0.4, 0.5) is 11.4 Å². The molecule has 1 aromatic rings. The van der Waals surface area contributed by atoms with Gasteiger partial charge >= 0.3 is 0 Å². The predicted molar refractivity (Wildman–Crippen MR) is 77.9 cm³/mol. The molecule has 3 nitrogen and oxygen atoms in total. The highest BCUT2D eigenvalue weighted by atomic mass is 16.1. The number of rotatable bonds is 7. The van der Waals surface area contributed by atoms with E-state index in [1.807, 2.05) is 37.3 Å². The number of nitrogens with one attached hydrogen (secondary N) is 2. The Kier molecular flexibility index (Phi) is 5.98. The Balaban J connectivity index is 2.58. The van der Waals surface area contributed by atoms with E-state index >= 15 is 0 Å². The van der Waals surface area contributed by atoms with Crippen LogP contribution in [0.1, 0.15) is 33.1 Å². The highest BCUT2D eigenvalue weighted by molar-refractivity contribution is 5.90. The van der Waals surface area contributed by atoms with Crippen LogP contribution in [0.2, 0.25) is 0 Å².